The van der Waals surface area contributed by atoms with Gasteiger partial charge in [0.05, 0.1) is 22.6 Å². The fourth-order valence-corrected chi connectivity index (χ4v) is 5.48. The van der Waals surface area contributed by atoms with Crippen molar-refractivity contribution >= 4 is 47.4 Å². The lowest BCUT2D eigenvalue weighted by atomic mass is 10.1. The zero-order valence-corrected chi connectivity index (χ0v) is 23.0. The lowest BCUT2D eigenvalue weighted by Crippen LogP contribution is -2.03. The van der Waals surface area contributed by atoms with Crippen LogP contribution in [0.25, 0.3) is 58.7 Å². The molecule has 0 fully saturated rings. The van der Waals surface area contributed by atoms with E-state index in [-0.39, 0.29) is 0 Å². The molecule has 0 spiro atoms. The van der Waals surface area contributed by atoms with Crippen molar-refractivity contribution in [3.8, 4) is 11.4 Å². The van der Waals surface area contributed by atoms with E-state index >= 15 is 0 Å². The van der Waals surface area contributed by atoms with Gasteiger partial charge < -0.3 is 9.13 Å². The van der Waals surface area contributed by atoms with Crippen LogP contribution < -0.4 is 0 Å². The summed E-state index contributed by atoms with van der Waals surface area (Å²) in [5.41, 5.74) is 10.8. The third-order valence-corrected chi connectivity index (χ3v) is 7.06. The van der Waals surface area contributed by atoms with E-state index < -0.39 is 0 Å². The maximum absolute atomic E-state index is 2.40. The van der Waals surface area contributed by atoms with Gasteiger partial charge in [0.2, 0.25) is 0 Å². The molecule has 0 aliphatic heterocycles. The van der Waals surface area contributed by atoms with Crippen molar-refractivity contribution in [3.63, 3.8) is 0 Å². The minimum Gasteiger partial charge on any atom is -0.309 e. The fourth-order valence-electron chi connectivity index (χ4n) is 5.48. The Hall–Kier alpha value is -4.30. The van der Waals surface area contributed by atoms with Crippen molar-refractivity contribution in [2.75, 3.05) is 0 Å². The number of rotatable bonds is 6. The first-order valence-electron chi connectivity index (χ1n) is 13.5. The minimum absolute atomic E-state index is 0.394. The number of benzene rings is 2. The number of fused-ring (bicyclic) bond motifs is 2. The summed E-state index contributed by atoms with van der Waals surface area (Å²) >= 11 is 0. The first-order chi connectivity index (χ1) is 18.6. The second kappa shape index (κ2) is 11.0. The van der Waals surface area contributed by atoms with E-state index in [1.54, 1.807) is 0 Å². The molecule has 1 aliphatic rings. The second-order valence-corrected chi connectivity index (χ2v) is 9.68. The second-order valence-electron chi connectivity index (χ2n) is 9.68. The third-order valence-electron chi connectivity index (χ3n) is 7.06. The van der Waals surface area contributed by atoms with Crippen LogP contribution in [0, 0.1) is 5.92 Å². The molecule has 2 heteroatoms. The molecule has 0 amide bonds. The zero-order chi connectivity index (χ0) is 26.6. The third kappa shape index (κ3) is 4.37. The predicted molar refractivity (Wildman–Crippen MR) is 169 cm³/mol. The zero-order valence-electron chi connectivity index (χ0n) is 23.0. The highest BCUT2D eigenvalue weighted by molar-refractivity contribution is 5.95. The number of hydrogen-bond donors (Lipinski definition) is 0. The number of aromatic nitrogens is 2. The molecule has 2 aromatic carbocycles. The average molecular weight is 497 g/mol. The van der Waals surface area contributed by atoms with Crippen molar-refractivity contribution in [1.82, 2.24) is 9.13 Å². The molecule has 2 heterocycles. The molecule has 1 atom stereocenters. The summed E-state index contributed by atoms with van der Waals surface area (Å²) in [6.45, 7) is 10.6. The van der Waals surface area contributed by atoms with Crippen molar-refractivity contribution in [2.24, 2.45) is 5.92 Å². The van der Waals surface area contributed by atoms with Crippen LogP contribution in [0.2, 0.25) is 0 Å². The van der Waals surface area contributed by atoms with Gasteiger partial charge in [-0.05, 0) is 76.1 Å². The molecule has 1 unspecified atom stereocenters. The Morgan fingerprint density at radius 1 is 0.632 bits per heavy atom. The van der Waals surface area contributed by atoms with Gasteiger partial charge in [0.25, 0.3) is 0 Å². The van der Waals surface area contributed by atoms with Crippen LogP contribution in [0.4, 0.5) is 0 Å². The van der Waals surface area contributed by atoms with Gasteiger partial charge in [-0.1, -0.05) is 85.9 Å². The van der Waals surface area contributed by atoms with Gasteiger partial charge in [-0.2, -0.15) is 0 Å². The Morgan fingerprint density at radius 3 is 1.95 bits per heavy atom. The predicted octanol–water partition coefficient (Wildman–Crippen LogP) is 10.2. The van der Waals surface area contributed by atoms with Crippen LogP contribution in [-0.2, 0) is 0 Å². The molecule has 2 nitrogen and oxygen atoms in total. The van der Waals surface area contributed by atoms with Crippen LogP contribution in [0.15, 0.2) is 85.0 Å². The maximum atomic E-state index is 2.40. The molecule has 0 radical (unpaired) electrons. The van der Waals surface area contributed by atoms with Crippen molar-refractivity contribution in [1.29, 1.82) is 0 Å². The van der Waals surface area contributed by atoms with Gasteiger partial charge in [-0.15, -0.1) is 0 Å². The van der Waals surface area contributed by atoms with Gasteiger partial charge in [0.1, 0.15) is 0 Å². The number of nitrogens with zero attached hydrogens (tertiary/aromatic N) is 2. The van der Waals surface area contributed by atoms with Gasteiger partial charge in [0.15, 0.2) is 0 Å². The molecule has 190 valence electrons. The Labute approximate surface area is 226 Å². The monoisotopic (exact) mass is 496 g/mol. The molecule has 0 bridgehead atoms. The molecule has 0 saturated heterocycles. The quantitative estimate of drug-likeness (QED) is 0.251. The van der Waals surface area contributed by atoms with Crippen molar-refractivity contribution in [3.05, 3.63) is 119 Å². The number of hydrogen-bond acceptors (Lipinski definition) is 0. The van der Waals surface area contributed by atoms with E-state index in [9.17, 15) is 0 Å². The fraction of sp³-hybridized carbons (Fsp3) is 0.167. The lowest BCUT2D eigenvalue weighted by Gasteiger charge is -2.15. The average Bonchev–Trinajstić information content (AvgIpc) is 3.30. The normalized spacial score (nSPS) is 15.7. The van der Waals surface area contributed by atoms with Crippen molar-refractivity contribution in [2.45, 2.75) is 34.6 Å². The SMILES string of the molecule is C/C=C\c1c2c(n(-c3cccc(-n4c(/C=C\C)c(/C=C\C)c5ccccc54)c3)c1/C=C\C)C=CC(C)C=C2. The highest BCUT2D eigenvalue weighted by atomic mass is 15.0. The summed E-state index contributed by atoms with van der Waals surface area (Å²) in [7, 11) is 0. The number of para-hydroxylation sites is 1. The van der Waals surface area contributed by atoms with E-state index in [0.29, 0.717) is 5.92 Å². The molecule has 0 N–H and O–H groups in total. The van der Waals surface area contributed by atoms with Gasteiger partial charge in [-0.3, -0.25) is 0 Å². The summed E-state index contributed by atoms with van der Waals surface area (Å²) in [4.78, 5) is 0. The molecule has 2 aromatic heterocycles. The molecule has 38 heavy (non-hydrogen) atoms. The Bertz CT molecular complexity index is 1660. The van der Waals surface area contributed by atoms with E-state index in [2.05, 4.69) is 165 Å². The topological polar surface area (TPSA) is 9.86 Å². The summed E-state index contributed by atoms with van der Waals surface area (Å²) in [5.74, 6) is 0.394. The van der Waals surface area contributed by atoms with Gasteiger partial charge >= 0.3 is 0 Å². The first-order valence-corrected chi connectivity index (χ1v) is 13.5. The molecule has 4 aromatic rings. The highest BCUT2D eigenvalue weighted by Gasteiger charge is 2.21. The van der Waals surface area contributed by atoms with Crippen molar-refractivity contribution < 1.29 is 0 Å². The lowest BCUT2D eigenvalue weighted by molar-refractivity contribution is 0.951. The summed E-state index contributed by atoms with van der Waals surface area (Å²) < 4.78 is 4.79. The Morgan fingerprint density at radius 2 is 1.24 bits per heavy atom. The van der Waals surface area contributed by atoms with Crippen LogP contribution in [-0.4, -0.2) is 9.13 Å². The Kier molecular flexibility index (Phi) is 7.33. The standard InChI is InChI=1S/C36H36N2/c1-6-13-29-31-19-10-11-20-35(31)37(33(29)15-8-3)27-17-12-18-28(25-27)38-34(16-9-4)30(14-7-2)32-23-21-26(5)22-24-36(32)38/h6-26H,1-5H3/b13-6-,14-7-,15-8-,16-9-. The van der Waals surface area contributed by atoms with Gasteiger partial charge in [-0.25, -0.2) is 0 Å². The highest BCUT2D eigenvalue weighted by Crippen LogP contribution is 2.36. The molecule has 1 aliphatic carbocycles. The smallest absolute Gasteiger partial charge is 0.0541 e. The van der Waals surface area contributed by atoms with E-state index in [1.807, 2.05) is 0 Å². The van der Waals surface area contributed by atoms with Crippen LogP contribution >= 0.6 is 0 Å². The molecule has 0 saturated carbocycles. The number of allylic oxidation sites excluding steroid dienone is 6. The van der Waals surface area contributed by atoms with E-state index in [4.69, 9.17) is 0 Å². The van der Waals surface area contributed by atoms with Gasteiger partial charge in [0, 0.05) is 33.5 Å². The van der Waals surface area contributed by atoms with Crippen LogP contribution in [0.1, 0.15) is 68.4 Å². The van der Waals surface area contributed by atoms with Crippen LogP contribution in [0.5, 0.6) is 0 Å². The molecule has 5 rings (SSSR count). The summed E-state index contributed by atoms with van der Waals surface area (Å²) in [6, 6.07) is 17.6. The summed E-state index contributed by atoms with van der Waals surface area (Å²) in [6.07, 6.45) is 26.5. The largest absolute Gasteiger partial charge is 0.309 e. The summed E-state index contributed by atoms with van der Waals surface area (Å²) in [5, 5.41) is 1.26. The minimum atomic E-state index is 0.394. The Balaban J connectivity index is 1.82. The van der Waals surface area contributed by atoms with E-state index in [1.165, 1.54) is 44.7 Å². The maximum Gasteiger partial charge on any atom is 0.0541 e. The van der Waals surface area contributed by atoms with E-state index in [0.717, 1.165) is 11.4 Å². The first kappa shape index (κ1) is 25.4. The molecular weight excluding hydrogens is 460 g/mol. The van der Waals surface area contributed by atoms with Crippen LogP contribution in [0.3, 0.4) is 0 Å². The molecular formula is C36H36N2.